The molecule has 168 valence electrons. The predicted molar refractivity (Wildman–Crippen MR) is 122 cm³/mol. The molecule has 0 unspecified atom stereocenters. The van der Waals surface area contributed by atoms with Crippen LogP contribution in [-0.2, 0) is 27.2 Å². The van der Waals surface area contributed by atoms with E-state index in [1.165, 1.54) is 11.3 Å². The monoisotopic (exact) mass is 426 g/mol. The maximum atomic E-state index is 11.7. The third-order valence-electron chi connectivity index (χ3n) is 5.30. The highest BCUT2D eigenvalue weighted by Gasteiger charge is 2.10. The highest BCUT2D eigenvalue weighted by Crippen LogP contribution is 2.17. The zero-order valence-corrected chi connectivity index (χ0v) is 18.3. The second kappa shape index (κ2) is 13.7. The Kier molecular flexibility index (Phi) is 10.2. The number of unbranched alkanes of at least 4 members (excludes halogenated alkanes) is 2. The van der Waals surface area contributed by atoms with Crippen LogP contribution in [0.4, 0.5) is 10.5 Å². The van der Waals surface area contributed by atoms with E-state index < -0.39 is 0 Å². The topological polar surface area (TPSA) is 60.0 Å². The van der Waals surface area contributed by atoms with Crippen molar-refractivity contribution in [2.45, 2.75) is 32.3 Å². The van der Waals surface area contributed by atoms with Gasteiger partial charge in [0.15, 0.2) is 0 Å². The average Bonchev–Trinajstić information content (AvgIpc) is 2.83. The van der Waals surface area contributed by atoms with Gasteiger partial charge in [-0.25, -0.2) is 4.79 Å². The zero-order chi connectivity index (χ0) is 21.6. The molecule has 0 aliphatic carbocycles. The molecule has 0 bridgehead atoms. The van der Waals surface area contributed by atoms with E-state index in [4.69, 9.17) is 14.2 Å². The molecule has 1 heterocycles. The standard InChI is InChI=1S/C25H34N2O4/c28-25(31-21-23-7-3-1-4-8-23)26-14-5-2-6-17-29-18-13-22-9-11-24(12-10-22)27-15-19-30-20-16-27/h1,3-4,7-12H,2,5-6,13-21H2,(H,26,28). The average molecular weight is 427 g/mol. The van der Waals surface area contributed by atoms with Gasteiger partial charge in [-0.1, -0.05) is 42.5 Å². The van der Waals surface area contributed by atoms with Crippen molar-refractivity contribution >= 4 is 11.8 Å². The number of nitrogens with zero attached hydrogens (tertiary/aromatic N) is 1. The lowest BCUT2D eigenvalue weighted by atomic mass is 10.1. The molecule has 1 amide bonds. The Balaban J connectivity index is 1.15. The van der Waals surface area contributed by atoms with Gasteiger partial charge in [0, 0.05) is 31.9 Å². The Labute approximate surface area is 185 Å². The van der Waals surface area contributed by atoms with Crippen molar-refractivity contribution in [3.8, 4) is 0 Å². The molecule has 0 spiro atoms. The molecule has 1 fully saturated rings. The van der Waals surface area contributed by atoms with E-state index in [1.807, 2.05) is 30.3 Å². The smallest absolute Gasteiger partial charge is 0.407 e. The van der Waals surface area contributed by atoms with E-state index in [-0.39, 0.29) is 6.09 Å². The second-order valence-corrected chi connectivity index (χ2v) is 7.68. The molecule has 0 radical (unpaired) electrons. The molecular weight excluding hydrogens is 392 g/mol. The number of morpholine rings is 1. The summed E-state index contributed by atoms with van der Waals surface area (Å²) in [4.78, 5) is 14.0. The number of anilines is 1. The number of benzene rings is 2. The minimum atomic E-state index is -0.361. The van der Waals surface area contributed by atoms with Gasteiger partial charge >= 0.3 is 6.09 Å². The van der Waals surface area contributed by atoms with E-state index in [2.05, 4.69) is 34.5 Å². The highest BCUT2D eigenvalue weighted by atomic mass is 16.5. The van der Waals surface area contributed by atoms with Crippen molar-refractivity contribution < 1.29 is 19.0 Å². The molecule has 2 aromatic rings. The van der Waals surface area contributed by atoms with Crippen LogP contribution in [0.15, 0.2) is 54.6 Å². The van der Waals surface area contributed by atoms with Crippen LogP contribution in [-0.4, -0.2) is 52.2 Å². The summed E-state index contributed by atoms with van der Waals surface area (Å²) in [6.07, 6.45) is 3.51. The van der Waals surface area contributed by atoms with Crippen molar-refractivity contribution in [1.82, 2.24) is 5.32 Å². The summed E-state index contributed by atoms with van der Waals surface area (Å²) >= 11 is 0. The molecule has 0 aromatic heterocycles. The maximum Gasteiger partial charge on any atom is 0.407 e. The molecule has 1 aliphatic heterocycles. The fourth-order valence-corrected chi connectivity index (χ4v) is 3.46. The number of alkyl carbamates (subject to hydrolysis) is 1. The van der Waals surface area contributed by atoms with Gasteiger partial charge in [0.2, 0.25) is 0 Å². The zero-order valence-electron chi connectivity index (χ0n) is 18.3. The highest BCUT2D eigenvalue weighted by molar-refractivity contribution is 5.67. The van der Waals surface area contributed by atoms with E-state index >= 15 is 0 Å². The van der Waals surface area contributed by atoms with Crippen molar-refractivity contribution in [2.24, 2.45) is 0 Å². The normalized spacial score (nSPS) is 13.7. The van der Waals surface area contributed by atoms with Crippen LogP contribution >= 0.6 is 0 Å². The largest absolute Gasteiger partial charge is 0.445 e. The summed E-state index contributed by atoms with van der Waals surface area (Å²) in [5.41, 5.74) is 3.56. The predicted octanol–water partition coefficient (Wildman–Crippen LogP) is 4.18. The summed E-state index contributed by atoms with van der Waals surface area (Å²) < 4.78 is 16.4. The van der Waals surface area contributed by atoms with E-state index in [9.17, 15) is 4.79 Å². The van der Waals surface area contributed by atoms with Gasteiger partial charge in [0.1, 0.15) is 6.61 Å². The van der Waals surface area contributed by atoms with Crippen molar-refractivity contribution in [2.75, 3.05) is 51.0 Å². The summed E-state index contributed by atoms with van der Waals surface area (Å²) in [6.45, 7) is 5.97. The SMILES string of the molecule is O=C(NCCCCCOCCc1ccc(N2CCOCC2)cc1)OCc1ccccc1. The van der Waals surface area contributed by atoms with Crippen LogP contribution in [0.1, 0.15) is 30.4 Å². The van der Waals surface area contributed by atoms with Crippen LogP contribution in [0, 0.1) is 0 Å². The molecular formula is C25H34N2O4. The number of rotatable bonds is 12. The molecule has 1 N–H and O–H groups in total. The van der Waals surface area contributed by atoms with Crippen molar-refractivity contribution in [3.63, 3.8) is 0 Å². The van der Waals surface area contributed by atoms with Crippen LogP contribution < -0.4 is 10.2 Å². The number of nitrogens with one attached hydrogen (secondary N) is 1. The van der Waals surface area contributed by atoms with E-state index in [0.717, 1.165) is 70.8 Å². The van der Waals surface area contributed by atoms with Gasteiger partial charge in [-0.3, -0.25) is 0 Å². The summed E-state index contributed by atoms with van der Waals surface area (Å²) in [7, 11) is 0. The van der Waals surface area contributed by atoms with Gasteiger partial charge < -0.3 is 24.4 Å². The molecule has 0 atom stereocenters. The molecule has 6 heteroatoms. The van der Waals surface area contributed by atoms with Gasteiger partial charge in [0.05, 0.1) is 19.8 Å². The van der Waals surface area contributed by atoms with Gasteiger partial charge in [0.25, 0.3) is 0 Å². The Morgan fingerprint density at radius 3 is 2.45 bits per heavy atom. The number of hydrogen-bond acceptors (Lipinski definition) is 5. The van der Waals surface area contributed by atoms with Crippen LogP contribution in [0.3, 0.4) is 0 Å². The Bertz CT molecular complexity index is 746. The van der Waals surface area contributed by atoms with Gasteiger partial charge in [-0.05, 0) is 48.9 Å². The van der Waals surface area contributed by atoms with Gasteiger partial charge in [-0.2, -0.15) is 0 Å². The third-order valence-corrected chi connectivity index (χ3v) is 5.30. The lowest BCUT2D eigenvalue weighted by Gasteiger charge is -2.28. The lowest BCUT2D eigenvalue weighted by Crippen LogP contribution is -2.36. The fourth-order valence-electron chi connectivity index (χ4n) is 3.46. The molecule has 1 aliphatic rings. The number of amides is 1. The van der Waals surface area contributed by atoms with E-state index in [1.54, 1.807) is 0 Å². The van der Waals surface area contributed by atoms with Crippen molar-refractivity contribution in [1.29, 1.82) is 0 Å². The van der Waals surface area contributed by atoms with Crippen LogP contribution in [0.2, 0.25) is 0 Å². The minimum Gasteiger partial charge on any atom is -0.445 e. The molecule has 3 rings (SSSR count). The summed E-state index contributed by atoms with van der Waals surface area (Å²) in [6, 6.07) is 18.4. The number of carbonyl (C=O) groups excluding carboxylic acids is 1. The first-order valence-corrected chi connectivity index (χ1v) is 11.3. The van der Waals surface area contributed by atoms with Crippen molar-refractivity contribution in [3.05, 3.63) is 65.7 Å². The first-order valence-electron chi connectivity index (χ1n) is 11.3. The quantitative estimate of drug-likeness (QED) is 0.516. The number of carbonyl (C=O) groups is 1. The molecule has 2 aromatic carbocycles. The molecule has 0 saturated carbocycles. The van der Waals surface area contributed by atoms with Gasteiger partial charge in [-0.15, -0.1) is 0 Å². The fraction of sp³-hybridized carbons (Fsp3) is 0.480. The molecule has 1 saturated heterocycles. The summed E-state index contributed by atoms with van der Waals surface area (Å²) in [5, 5.41) is 2.79. The Morgan fingerprint density at radius 1 is 0.903 bits per heavy atom. The third kappa shape index (κ3) is 8.99. The maximum absolute atomic E-state index is 11.7. The Hall–Kier alpha value is -2.57. The second-order valence-electron chi connectivity index (χ2n) is 7.68. The van der Waals surface area contributed by atoms with E-state index in [0.29, 0.717) is 13.2 Å². The first-order chi connectivity index (χ1) is 15.3. The number of hydrogen-bond donors (Lipinski definition) is 1. The van der Waals surface area contributed by atoms with Crippen LogP contribution in [0.5, 0.6) is 0 Å². The first kappa shape index (κ1) is 23.1. The minimum absolute atomic E-state index is 0.302. The van der Waals surface area contributed by atoms with Crippen LogP contribution in [0.25, 0.3) is 0 Å². The summed E-state index contributed by atoms with van der Waals surface area (Å²) in [5.74, 6) is 0. The number of ether oxygens (including phenoxy) is 3. The lowest BCUT2D eigenvalue weighted by molar-refractivity contribution is 0.122. The Morgan fingerprint density at radius 2 is 1.68 bits per heavy atom. The molecule has 6 nitrogen and oxygen atoms in total. The molecule has 31 heavy (non-hydrogen) atoms.